The summed E-state index contributed by atoms with van der Waals surface area (Å²) in [5.74, 6) is -1.48. The van der Waals surface area contributed by atoms with E-state index < -0.39 is 55.8 Å². The van der Waals surface area contributed by atoms with Crippen molar-refractivity contribution in [3.05, 3.63) is 60.2 Å². The Morgan fingerprint density at radius 2 is 2.15 bits per heavy atom. The third-order valence-electron chi connectivity index (χ3n) is 6.46. The molecule has 34 heavy (non-hydrogen) atoms. The van der Waals surface area contributed by atoms with E-state index in [4.69, 9.17) is 33.5 Å². The minimum absolute atomic E-state index is 0.215. The second kappa shape index (κ2) is 7.63. The number of amides is 1. The quantitative estimate of drug-likeness (QED) is 0.493. The van der Waals surface area contributed by atoms with Crippen LogP contribution in [-0.4, -0.2) is 47.2 Å². The van der Waals surface area contributed by atoms with Gasteiger partial charge in [-0.25, -0.2) is 4.57 Å². The van der Waals surface area contributed by atoms with Gasteiger partial charge in [-0.1, -0.05) is 6.07 Å². The van der Waals surface area contributed by atoms with E-state index in [9.17, 15) is 9.36 Å². The lowest BCUT2D eigenvalue weighted by molar-refractivity contribution is -0.767. The Hall–Kier alpha value is -2.24. The number of ether oxygens (including phenoxy) is 3. The molecule has 2 N–H and O–H groups in total. The fourth-order valence-electron chi connectivity index (χ4n) is 5.01. The zero-order valence-corrected chi connectivity index (χ0v) is 19.5. The van der Waals surface area contributed by atoms with E-state index in [1.54, 1.807) is 61.4 Å². The Balaban J connectivity index is 1.24. The summed E-state index contributed by atoms with van der Waals surface area (Å²) in [5.41, 5.74) is 5.57. The number of phosphoric ester groups is 1. The molecule has 180 valence electrons. The van der Waals surface area contributed by atoms with Crippen molar-refractivity contribution in [2.24, 2.45) is 5.73 Å². The number of carbonyl (C=O) groups excluding carboxylic acids is 1. The van der Waals surface area contributed by atoms with E-state index in [0.29, 0.717) is 12.0 Å². The molecule has 4 aliphatic rings. The zero-order valence-electron chi connectivity index (χ0n) is 18.6. The van der Waals surface area contributed by atoms with E-state index in [-0.39, 0.29) is 6.61 Å². The summed E-state index contributed by atoms with van der Waals surface area (Å²) in [5, 5.41) is 0. The topological polar surface area (TPSA) is 132 Å². The molecule has 2 aromatic rings. The number of hydrogen-bond acceptors (Lipinski definition) is 9. The van der Waals surface area contributed by atoms with Crippen molar-refractivity contribution in [3.63, 3.8) is 0 Å². The first-order valence-corrected chi connectivity index (χ1v) is 12.5. The van der Waals surface area contributed by atoms with Gasteiger partial charge in [0.2, 0.25) is 0 Å². The van der Waals surface area contributed by atoms with Crippen LogP contribution in [0.3, 0.4) is 0 Å². The highest BCUT2D eigenvalue weighted by molar-refractivity contribution is 7.48. The molecule has 4 unspecified atom stereocenters. The van der Waals surface area contributed by atoms with Crippen LogP contribution in [-0.2, 0) is 32.3 Å². The molecule has 11 nitrogen and oxygen atoms in total. The lowest BCUT2D eigenvalue weighted by atomic mass is 10.1. The molecule has 3 aliphatic heterocycles. The smallest absolute Gasteiger partial charge is 0.365 e. The van der Waals surface area contributed by atoms with Gasteiger partial charge in [0.1, 0.15) is 17.8 Å². The standard InChI is InChI=1S/C22H24N3O8P/c1-21(2)30-18-20(25-9-4-6-14(12-25)19(23)26)29-16-17(22(16,18)33-21)32-34(27)28-10-7-15(31-34)13-5-3-8-24-11-13/h3-6,8-9,11-12,15-18,20H,7,10H2,1-2H3,(H-,23,26)/p+1/t15?,16?,17?,18-,20+,22+,34?/m0/s1. The molecule has 12 heteroatoms. The molecule has 1 saturated carbocycles. The SMILES string of the molecule is CC1(C)O[C@H]2[C@H]([n+]3cccc(C(N)=O)c3)OC3C(OP4(=O)OCCC(c5cccnc5)O4)[C@]32O1. The summed E-state index contributed by atoms with van der Waals surface area (Å²) in [4.78, 5) is 15.7. The van der Waals surface area contributed by atoms with Crippen LogP contribution in [0.5, 0.6) is 0 Å². The molecule has 4 fully saturated rings. The maximum Gasteiger partial charge on any atom is 0.475 e. The van der Waals surface area contributed by atoms with Gasteiger partial charge >= 0.3 is 7.82 Å². The van der Waals surface area contributed by atoms with Crippen molar-refractivity contribution in [1.82, 2.24) is 4.98 Å². The van der Waals surface area contributed by atoms with Crippen molar-refractivity contribution >= 4 is 13.7 Å². The fraction of sp³-hybridized carbons (Fsp3) is 0.500. The molecular weight excluding hydrogens is 465 g/mol. The summed E-state index contributed by atoms with van der Waals surface area (Å²) in [7, 11) is -3.90. The normalized spacial score (nSPS) is 39.9. The Kier molecular flexibility index (Phi) is 4.99. The summed E-state index contributed by atoms with van der Waals surface area (Å²) in [6, 6.07) is 6.97. The number of primary amides is 1. The molecule has 0 radical (unpaired) electrons. The van der Waals surface area contributed by atoms with E-state index in [2.05, 4.69) is 4.98 Å². The van der Waals surface area contributed by atoms with Crippen molar-refractivity contribution in [2.45, 2.75) is 62.3 Å². The second-order valence-electron chi connectivity index (χ2n) is 9.22. The first kappa shape index (κ1) is 22.2. The number of nitrogens with zero attached hydrogens (tertiary/aromatic N) is 2. The summed E-state index contributed by atoms with van der Waals surface area (Å²) in [6.07, 6.45) is 4.30. The number of nitrogens with two attached hydrogens (primary N) is 1. The van der Waals surface area contributed by atoms with Gasteiger partial charge in [0, 0.05) is 24.9 Å². The predicted molar refractivity (Wildman–Crippen MR) is 113 cm³/mol. The summed E-state index contributed by atoms with van der Waals surface area (Å²) >= 11 is 0. The van der Waals surface area contributed by atoms with Gasteiger partial charge in [-0.3, -0.25) is 23.3 Å². The first-order valence-electron chi connectivity index (χ1n) is 11.1. The van der Waals surface area contributed by atoms with E-state index in [1.165, 1.54) is 0 Å². The van der Waals surface area contributed by atoms with Crippen molar-refractivity contribution < 1.29 is 41.7 Å². The van der Waals surface area contributed by atoms with E-state index in [1.807, 2.05) is 6.07 Å². The highest BCUT2D eigenvalue weighted by Gasteiger charge is 2.87. The van der Waals surface area contributed by atoms with Crippen LogP contribution >= 0.6 is 7.82 Å². The molecule has 1 spiro atoms. The Bertz CT molecular complexity index is 1180. The molecule has 3 saturated heterocycles. The van der Waals surface area contributed by atoms with Crippen LogP contribution in [0.1, 0.15) is 48.5 Å². The highest BCUT2D eigenvalue weighted by Crippen LogP contribution is 2.69. The average molecular weight is 490 g/mol. The van der Waals surface area contributed by atoms with Gasteiger partial charge < -0.3 is 19.9 Å². The number of phosphoric acid groups is 1. The van der Waals surface area contributed by atoms with Gasteiger partial charge in [0.25, 0.3) is 12.1 Å². The first-order chi connectivity index (χ1) is 16.2. The molecule has 2 aromatic heterocycles. The zero-order chi connectivity index (χ0) is 23.7. The van der Waals surface area contributed by atoms with Crippen LogP contribution in [0, 0.1) is 0 Å². The molecule has 5 heterocycles. The van der Waals surface area contributed by atoms with E-state index >= 15 is 0 Å². The molecule has 0 aromatic carbocycles. The highest BCUT2D eigenvalue weighted by atomic mass is 31.2. The van der Waals surface area contributed by atoms with Gasteiger partial charge in [-0.15, -0.1) is 0 Å². The van der Waals surface area contributed by atoms with Crippen LogP contribution in [0.25, 0.3) is 0 Å². The minimum atomic E-state index is -3.90. The molecule has 6 rings (SSSR count). The maximum atomic E-state index is 13.4. The maximum absolute atomic E-state index is 13.4. The van der Waals surface area contributed by atoms with Gasteiger partial charge in [0.15, 0.2) is 29.9 Å². The predicted octanol–water partition coefficient (Wildman–Crippen LogP) is 1.94. The van der Waals surface area contributed by atoms with Gasteiger partial charge in [0.05, 0.1) is 12.7 Å². The largest absolute Gasteiger partial charge is 0.475 e. The van der Waals surface area contributed by atoms with Crippen LogP contribution < -0.4 is 10.3 Å². The Morgan fingerprint density at radius 1 is 1.29 bits per heavy atom. The van der Waals surface area contributed by atoms with E-state index in [0.717, 1.165) is 5.56 Å². The number of carbonyl (C=O) groups is 1. The molecule has 0 bridgehead atoms. The van der Waals surface area contributed by atoms with Crippen molar-refractivity contribution in [2.75, 3.05) is 6.61 Å². The van der Waals surface area contributed by atoms with Crippen LogP contribution in [0.4, 0.5) is 0 Å². The Morgan fingerprint density at radius 3 is 2.91 bits per heavy atom. The average Bonchev–Trinajstić information content (AvgIpc) is 3.08. The number of hydrogen-bond donors (Lipinski definition) is 1. The Labute approximate surface area is 195 Å². The molecule has 7 atom stereocenters. The minimum Gasteiger partial charge on any atom is -0.365 e. The summed E-state index contributed by atoms with van der Waals surface area (Å²) < 4.78 is 51.0. The third kappa shape index (κ3) is 3.51. The van der Waals surface area contributed by atoms with Crippen molar-refractivity contribution in [3.8, 4) is 0 Å². The third-order valence-corrected chi connectivity index (χ3v) is 7.96. The van der Waals surface area contributed by atoms with Gasteiger partial charge in [-0.2, -0.15) is 4.57 Å². The monoisotopic (exact) mass is 490 g/mol. The van der Waals surface area contributed by atoms with Crippen LogP contribution in [0.15, 0.2) is 49.1 Å². The molecule has 1 amide bonds. The molecular formula is C22H25N3O8P+. The fourth-order valence-corrected chi connectivity index (χ4v) is 6.60. The number of pyridine rings is 2. The molecule has 1 aliphatic carbocycles. The van der Waals surface area contributed by atoms with Crippen molar-refractivity contribution in [1.29, 1.82) is 0 Å². The summed E-state index contributed by atoms with van der Waals surface area (Å²) in [6.45, 7) is 3.80. The van der Waals surface area contributed by atoms with Crippen LogP contribution in [0.2, 0.25) is 0 Å². The lowest BCUT2D eigenvalue weighted by Gasteiger charge is -2.29. The second-order valence-corrected chi connectivity index (χ2v) is 10.8. The lowest BCUT2D eigenvalue weighted by Crippen LogP contribution is -2.49. The number of aromatic nitrogens is 2. The van der Waals surface area contributed by atoms with Gasteiger partial charge in [-0.05, 0) is 31.5 Å². The number of rotatable bonds is 5.